The van der Waals surface area contributed by atoms with Gasteiger partial charge >= 0.3 is 0 Å². The van der Waals surface area contributed by atoms with Gasteiger partial charge in [-0.05, 0) is 11.5 Å². The number of hydrogen-bond donors (Lipinski definition) is 1. The number of Topliss-reactive ketones (excluding diaryl/α,β-unsaturated/α-hetero) is 1. The Bertz CT molecular complexity index is 563. The van der Waals surface area contributed by atoms with E-state index in [9.17, 15) is 4.79 Å². The molecule has 1 N–H and O–H groups in total. The van der Waals surface area contributed by atoms with Crippen molar-refractivity contribution < 1.29 is 9.53 Å². The average molecular weight is 245 g/mol. The van der Waals surface area contributed by atoms with Crippen molar-refractivity contribution in [3.63, 3.8) is 0 Å². The number of carbonyl (C=O) groups is 1. The van der Waals surface area contributed by atoms with Crippen LogP contribution in [0.15, 0.2) is 30.5 Å². The largest absolute Gasteiger partial charge is 0.373 e. The van der Waals surface area contributed by atoms with E-state index in [1.807, 2.05) is 45.0 Å². The third kappa shape index (κ3) is 2.18. The normalized spacial score (nSPS) is 13.8. The van der Waals surface area contributed by atoms with Crippen LogP contribution in [0, 0.1) is 5.41 Å². The number of benzene rings is 1. The highest BCUT2D eigenvalue weighted by Crippen LogP contribution is 2.28. The summed E-state index contributed by atoms with van der Waals surface area (Å²) in [7, 11) is 1.59. The molecule has 0 bridgehead atoms. The fourth-order valence-electron chi connectivity index (χ4n) is 2.27. The van der Waals surface area contributed by atoms with E-state index < -0.39 is 6.10 Å². The second-order valence-electron chi connectivity index (χ2n) is 5.59. The monoisotopic (exact) mass is 245 g/mol. The van der Waals surface area contributed by atoms with Gasteiger partial charge in [0.1, 0.15) is 6.10 Å². The predicted molar refractivity (Wildman–Crippen MR) is 72.9 cm³/mol. The molecule has 1 atom stereocenters. The van der Waals surface area contributed by atoms with Crippen molar-refractivity contribution in [1.82, 2.24) is 4.98 Å². The van der Waals surface area contributed by atoms with Crippen molar-refractivity contribution in [1.29, 1.82) is 0 Å². The molecule has 2 rings (SSSR count). The highest BCUT2D eigenvalue weighted by Gasteiger charge is 2.32. The van der Waals surface area contributed by atoms with Crippen molar-refractivity contribution in [3.8, 4) is 0 Å². The number of hydrogen-bond acceptors (Lipinski definition) is 2. The Hall–Kier alpha value is -1.61. The first-order chi connectivity index (χ1) is 8.45. The Morgan fingerprint density at radius 1 is 1.28 bits per heavy atom. The molecule has 1 aromatic heterocycles. The molecule has 0 radical (unpaired) electrons. The summed E-state index contributed by atoms with van der Waals surface area (Å²) in [6.07, 6.45) is 1.34. The number of para-hydroxylation sites is 1. The summed E-state index contributed by atoms with van der Waals surface area (Å²) in [5.74, 6) is 0.0300. The van der Waals surface area contributed by atoms with E-state index in [1.165, 1.54) is 0 Å². The Balaban J connectivity index is 2.45. The Kier molecular flexibility index (Phi) is 3.26. The number of methoxy groups -OCH3 is 1. The van der Waals surface area contributed by atoms with E-state index in [0.717, 1.165) is 10.9 Å². The summed E-state index contributed by atoms with van der Waals surface area (Å²) in [6, 6.07) is 7.80. The summed E-state index contributed by atoms with van der Waals surface area (Å²) in [5.41, 5.74) is 1.46. The first-order valence-corrected chi connectivity index (χ1v) is 6.08. The standard InChI is InChI=1S/C15H19NO2/c1-15(2,3)14(18-4)13(17)11-9-16-12-8-6-5-7-10(11)12/h5-9,14,16H,1-4H3. The third-order valence-corrected chi connectivity index (χ3v) is 3.12. The number of carbonyl (C=O) groups excluding carboxylic acids is 1. The zero-order valence-electron chi connectivity index (χ0n) is 11.3. The van der Waals surface area contributed by atoms with Gasteiger partial charge in [-0.25, -0.2) is 0 Å². The van der Waals surface area contributed by atoms with E-state index in [0.29, 0.717) is 5.56 Å². The number of nitrogens with one attached hydrogen (secondary N) is 1. The molecule has 2 aromatic rings. The second kappa shape index (κ2) is 4.58. The molecule has 0 aliphatic rings. The van der Waals surface area contributed by atoms with E-state index in [-0.39, 0.29) is 11.2 Å². The average Bonchev–Trinajstić information content (AvgIpc) is 2.71. The molecule has 0 aliphatic carbocycles. The van der Waals surface area contributed by atoms with Crippen LogP contribution < -0.4 is 0 Å². The number of ether oxygens (including phenoxy) is 1. The van der Waals surface area contributed by atoms with Gasteiger partial charge in [-0.15, -0.1) is 0 Å². The van der Waals surface area contributed by atoms with Crippen molar-refractivity contribution in [3.05, 3.63) is 36.0 Å². The molecule has 3 nitrogen and oxygen atoms in total. The van der Waals surface area contributed by atoms with Gasteiger partial charge in [0.2, 0.25) is 0 Å². The molecule has 0 saturated carbocycles. The van der Waals surface area contributed by atoms with E-state index in [4.69, 9.17) is 4.74 Å². The van der Waals surface area contributed by atoms with Gasteiger partial charge in [0.25, 0.3) is 0 Å². The van der Waals surface area contributed by atoms with Crippen LogP contribution >= 0.6 is 0 Å². The van der Waals surface area contributed by atoms with Crippen LogP contribution in [-0.4, -0.2) is 24.0 Å². The third-order valence-electron chi connectivity index (χ3n) is 3.12. The van der Waals surface area contributed by atoms with Crippen LogP contribution in [0.3, 0.4) is 0 Å². The number of fused-ring (bicyclic) bond motifs is 1. The first kappa shape index (κ1) is 12.8. The van der Waals surface area contributed by atoms with Gasteiger partial charge in [0.05, 0.1) is 0 Å². The molecule has 0 spiro atoms. The molecule has 1 aromatic carbocycles. The van der Waals surface area contributed by atoms with Crippen molar-refractivity contribution in [2.45, 2.75) is 26.9 Å². The highest BCUT2D eigenvalue weighted by molar-refractivity contribution is 6.10. The van der Waals surface area contributed by atoms with E-state index in [1.54, 1.807) is 13.3 Å². The minimum Gasteiger partial charge on any atom is -0.373 e. The van der Waals surface area contributed by atoms with Gasteiger partial charge in [0.15, 0.2) is 5.78 Å². The van der Waals surface area contributed by atoms with Crippen LogP contribution in [0.2, 0.25) is 0 Å². The number of aromatic amines is 1. The fraction of sp³-hybridized carbons (Fsp3) is 0.400. The van der Waals surface area contributed by atoms with Crippen LogP contribution in [-0.2, 0) is 4.74 Å². The Morgan fingerprint density at radius 3 is 2.56 bits per heavy atom. The number of ketones is 1. The number of H-pyrrole nitrogens is 1. The van der Waals surface area contributed by atoms with Gasteiger partial charge in [-0.3, -0.25) is 4.79 Å². The molecule has 96 valence electrons. The lowest BCUT2D eigenvalue weighted by Crippen LogP contribution is -2.36. The van der Waals surface area contributed by atoms with Gasteiger partial charge in [0, 0.05) is 29.8 Å². The predicted octanol–water partition coefficient (Wildman–Crippen LogP) is 3.41. The molecule has 18 heavy (non-hydrogen) atoms. The summed E-state index contributed by atoms with van der Waals surface area (Å²) in [5, 5.41) is 0.953. The molecular weight excluding hydrogens is 226 g/mol. The second-order valence-corrected chi connectivity index (χ2v) is 5.59. The molecule has 0 amide bonds. The van der Waals surface area contributed by atoms with Crippen molar-refractivity contribution in [2.75, 3.05) is 7.11 Å². The minimum atomic E-state index is -0.434. The number of aromatic nitrogens is 1. The summed E-state index contributed by atoms with van der Waals surface area (Å²) < 4.78 is 5.39. The van der Waals surface area contributed by atoms with Gasteiger partial charge in [-0.1, -0.05) is 39.0 Å². The molecule has 0 saturated heterocycles. The summed E-state index contributed by atoms with van der Waals surface area (Å²) >= 11 is 0. The lowest BCUT2D eigenvalue weighted by Gasteiger charge is -2.27. The maximum absolute atomic E-state index is 12.6. The smallest absolute Gasteiger partial charge is 0.194 e. The van der Waals surface area contributed by atoms with E-state index >= 15 is 0 Å². The fourth-order valence-corrected chi connectivity index (χ4v) is 2.27. The summed E-state index contributed by atoms with van der Waals surface area (Å²) in [4.78, 5) is 15.7. The van der Waals surface area contributed by atoms with Crippen LogP contribution in [0.4, 0.5) is 0 Å². The Morgan fingerprint density at radius 2 is 1.94 bits per heavy atom. The van der Waals surface area contributed by atoms with Crippen molar-refractivity contribution in [2.24, 2.45) is 5.41 Å². The lowest BCUT2D eigenvalue weighted by molar-refractivity contribution is 0.0197. The summed E-state index contributed by atoms with van der Waals surface area (Å²) in [6.45, 7) is 6.02. The molecule has 1 unspecified atom stereocenters. The SMILES string of the molecule is COC(C(=O)c1c[nH]c2ccccc12)C(C)(C)C. The van der Waals surface area contributed by atoms with Crippen molar-refractivity contribution >= 4 is 16.7 Å². The highest BCUT2D eigenvalue weighted by atomic mass is 16.5. The molecule has 0 aliphatic heterocycles. The zero-order valence-corrected chi connectivity index (χ0v) is 11.3. The van der Waals surface area contributed by atoms with Crippen LogP contribution in [0.1, 0.15) is 31.1 Å². The topological polar surface area (TPSA) is 42.1 Å². The minimum absolute atomic E-state index is 0.0300. The van der Waals surface area contributed by atoms with E-state index in [2.05, 4.69) is 4.98 Å². The molecule has 1 heterocycles. The first-order valence-electron chi connectivity index (χ1n) is 6.08. The number of rotatable bonds is 3. The molecule has 0 fully saturated rings. The van der Waals surface area contributed by atoms with Gasteiger partial charge < -0.3 is 9.72 Å². The molecular formula is C15H19NO2. The molecule has 3 heteroatoms. The van der Waals surface area contributed by atoms with Gasteiger partial charge in [-0.2, -0.15) is 0 Å². The maximum Gasteiger partial charge on any atom is 0.194 e. The van der Waals surface area contributed by atoms with Crippen LogP contribution in [0.5, 0.6) is 0 Å². The zero-order chi connectivity index (χ0) is 13.3. The lowest BCUT2D eigenvalue weighted by atomic mass is 9.84. The maximum atomic E-state index is 12.6. The van der Waals surface area contributed by atoms with Crippen LogP contribution in [0.25, 0.3) is 10.9 Å². The Labute approximate surface area is 107 Å². The quantitative estimate of drug-likeness (QED) is 0.842.